The molecule has 0 radical (unpaired) electrons. The first kappa shape index (κ1) is 12.8. The molecule has 17 heavy (non-hydrogen) atoms. The summed E-state index contributed by atoms with van der Waals surface area (Å²) in [6, 6.07) is 1.97. The van der Waals surface area contributed by atoms with Crippen LogP contribution in [0.25, 0.3) is 0 Å². The molecule has 0 bridgehead atoms. The van der Waals surface area contributed by atoms with Gasteiger partial charge in [-0.2, -0.15) is 0 Å². The molecule has 0 amide bonds. The summed E-state index contributed by atoms with van der Waals surface area (Å²) >= 11 is 3.46. The lowest BCUT2D eigenvalue weighted by Crippen LogP contribution is -2.44. The maximum absolute atomic E-state index is 4.60. The summed E-state index contributed by atoms with van der Waals surface area (Å²) < 4.78 is 0.865. The average Bonchev–Trinajstić information content (AvgIpc) is 2.22. The molecule has 1 aliphatic rings. The van der Waals surface area contributed by atoms with Crippen molar-refractivity contribution in [3.05, 3.63) is 16.5 Å². The normalized spacial score (nSPS) is 17.9. The Morgan fingerprint density at radius 2 is 2.12 bits per heavy atom. The molecule has 0 aliphatic heterocycles. The third kappa shape index (κ3) is 2.79. The molecule has 94 valence electrons. The van der Waals surface area contributed by atoms with Gasteiger partial charge in [-0.3, -0.25) is 0 Å². The second-order valence-corrected chi connectivity index (χ2v) is 6.01. The van der Waals surface area contributed by atoms with Crippen molar-refractivity contribution in [1.29, 1.82) is 0 Å². The number of aromatic nitrogens is 2. The van der Waals surface area contributed by atoms with Crippen molar-refractivity contribution in [1.82, 2.24) is 9.97 Å². The van der Waals surface area contributed by atoms with Gasteiger partial charge in [-0.1, -0.05) is 20.8 Å². The van der Waals surface area contributed by atoms with Gasteiger partial charge in [0.2, 0.25) is 0 Å². The van der Waals surface area contributed by atoms with Gasteiger partial charge in [0.1, 0.15) is 16.2 Å². The van der Waals surface area contributed by atoms with Crippen LogP contribution in [-0.4, -0.2) is 15.5 Å². The van der Waals surface area contributed by atoms with Crippen molar-refractivity contribution >= 4 is 21.7 Å². The van der Waals surface area contributed by atoms with Gasteiger partial charge in [-0.25, -0.2) is 9.97 Å². The number of hydrogen-bond donors (Lipinski definition) is 1. The van der Waals surface area contributed by atoms with Gasteiger partial charge in [0.25, 0.3) is 0 Å². The highest BCUT2D eigenvalue weighted by molar-refractivity contribution is 9.10. The highest BCUT2D eigenvalue weighted by Gasteiger charge is 2.35. The molecule has 0 atom stereocenters. The first-order chi connectivity index (χ1) is 8.04. The molecule has 1 aliphatic carbocycles. The summed E-state index contributed by atoms with van der Waals surface area (Å²) in [5, 5.41) is 3.60. The predicted octanol–water partition coefficient (Wildman–Crippen LogP) is 4.11. The lowest BCUT2D eigenvalue weighted by molar-refractivity contribution is 0.268. The van der Waals surface area contributed by atoms with Gasteiger partial charge in [-0.15, -0.1) is 0 Å². The Balaban J connectivity index is 2.20. The SMILES string of the molecule is CCC1(Nc2cc(Br)nc(C(C)C)n2)CCC1. The molecule has 0 spiro atoms. The van der Waals surface area contributed by atoms with E-state index in [9.17, 15) is 0 Å². The number of hydrogen-bond acceptors (Lipinski definition) is 3. The molecule has 4 heteroatoms. The van der Waals surface area contributed by atoms with E-state index in [0.717, 1.165) is 22.7 Å². The van der Waals surface area contributed by atoms with Crippen molar-refractivity contribution < 1.29 is 0 Å². The minimum atomic E-state index is 0.280. The molecule has 1 heterocycles. The van der Waals surface area contributed by atoms with E-state index < -0.39 is 0 Å². The van der Waals surface area contributed by atoms with Crippen LogP contribution >= 0.6 is 15.9 Å². The largest absolute Gasteiger partial charge is 0.365 e. The molecule has 0 unspecified atom stereocenters. The highest BCUT2D eigenvalue weighted by Crippen LogP contribution is 2.37. The van der Waals surface area contributed by atoms with Crippen LogP contribution in [0.5, 0.6) is 0 Å². The zero-order valence-electron chi connectivity index (χ0n) is 10.8. The van der Waals surface area contributed by atoms with E-state index in [1.165, 1.54) is 19.3 Å². The van der Waals surface area contributed by atoms with Crippen molar-refractivity contribution in [3.8, 4) is 0 Å². The van der Waals surface area contributed by atoms with Crippen LogP contribution in [-0.2, 0) is 0 Å². The standard InChI is InChI=1S/C13H20BrN3/c1-4-13(6-5-7-13)17-11-8-10(14)15-12(16-11)9(2)3/h8-9H,4-7H2,1-3H3,(H,15,16,17). The Morgan fingerprint density at radius 1 is 1.41 bits per heavy atom. The number of rotatable bonds is 4. The van der Waals surface area contributed by atoms with Gasteiger partial charge < -0.3 is 5.32 Å². The Morgan fingerprint density at radius 3 is 2.59 bits per heavy atom. The lowest BCUT2D eigenvalue weighted by Gasteiger charge is -2.42. The van der Waals surface area contributed by atoms with Crippen LogP contribution in [0.3, 0.4) is 0 Å². The quantitative estimate of drug-likeness (QED) is 0.850. The van der Waals surface area contributed by atoms with Crippen LogP contribution in [0.4, 0.5) is 5.82 Å². The summed E-state index contributed by atoms with van der Waals surface area (Å²) in [5.41, 5.74) is 0.280. The summed E-state index contributed by atoms with van der Waals surface area (Å²) in [4.78, 5) is 8.99. The second kappa shape index (κ2) is 4.92. The fraction of sp³-hybridized carbons (Fsp3) is 0.692. The predicted molar refractivity (Wildman–Crippen MR) is 74.3 cm³/mol. The Bertz CT molecular complexity index is 394. The maximum atomic E-state index is 4.60. The Hall–Kier alpha value is -0.640. The van der Waals surface area contributed by atoms with Gasteiger partial charge in [0.05, 0.1) is 0 Å². The fourth-order valence-corrected chi connectivity index (χ4v) is 2.60. The van der Waals surface area contributed by atoms with E-state index in [-0.39, 0.29) is 5.54 Å². The third-order valence-electron chi connectivity index (χ3n) is 3.61. The molecule has 2 rings (SSSR count). The molecule has 1 aromatic rings. The molecule has 1 saturated carbocycles. The van der Waals surface area contributed by atoms with E-state index in [1.807, 2.05) is 6.07 Å². The molecule has 1 N–H and O–H groups in total. The number of anilines is 1. The molecular formula is C13H20BrN3. The summed E-state index contributed by atoms with van der Waals surface area (Å²) in [6.07, 6.45) is 4.99. The summed E-state index contributed by atoms with van der Waals surface area (Å²) in [6.45, 7) is 6.47. The van der Waals surface area contributed by atoms with Crippen LogP contribution in [0, 0.1) is 0 Å². The second-order valence-electron chi connectivity index (χ2n) is 5.20. The van der Waals surface area contributed by atoms with E-state index >= 15 is 0 Å². The van der Waals surface area contributed by atoms with Crippen LogP contribution in [0.2, 0.25) is 0 Å². The van der Waals surface area contributed by atoms with Crippen LogP contribution < -0.4 is 5.32 Å². The fourth-order valence-electron chi connectivity index (χ4n) is 2.20. The monoisotopic (exact) mass is 297 g/mol. The van der Waals surface area contributed by atoms with Crippen molar-refractivity contribution in [2.75, 3.05) is 5.32 Å². The summed E-state index contributed by atoms with van der Waals surface area (Å²) in [5.74, 6) is 2.21. The van der Waals surface area contributed by atoms with Gasteiger partial charge >= 0.3 is 0 Å². The topological polar surface area (TPSA) is 37.8 Å². The van der Waals surface area contributed by atoms with Crippen molar-refractivity contribution in [2.24, 2.45) is 0 Å². The zero-order chi connectivity index (χ0) is 12.5. The minimum absolute atomic E-state index is 0.280. The molecular weight excluding hydrogens is 278 g/mol. The van der Waals surface area contributed by atoms with E-state index in [4.69, 9.17) is 0 Å². The van der Waals surface area contributed by atoms with Crippen molar-refractivity contribution in [3.63, 3.8) is 0 Å². The van der Waals surface area contributed by atoms with Crippen LogP contribution in [0.15, 0.2) is 10.7 Å². The highest BCUT2D eigenvalue weighted by atomic mass is 79.9. The summed E-state index contributed by atoms with van der Waals surface area (Å²) in [7, 11) is 0. The zero-order valence-corrected chi connectivity index (χ0v) is 12.3. The number of nitrogens with zero attached hydrogens (tertiary/aromatic N) is 2. The molecule has 0 saturated heterocycles. The molecule has 1 aromatic heterocycles. The van der Waals surface area contributed by atoms with E-state index in [1.54, 1.807) is 0 Å². The van der Waals surface area contributed by atoms with E-state index in [0.29, 0.717) is 5.92 Å². The van der Waals surface area contributed by atoms with E-state index in [2.05, 4.69) is 52.0 Å². The average molecular weight is 298 g/mol. The van der Waals surface area contributed by atoms with Gasteiger partial charge in [-0.05, 0) is 41.6 Å². The Kier molecular flexibility index (Phi) is 3.71. The number of nitrogens with one attached hydrogen (secondary N) is 1. The molecule has 1 fully saturated rings. The smallest absolute Gasteiger partial charge is 0.134 e. The van der Waals surface area contributed by atoms with Crippen LogP contribution in [0.1, 0.15) is 58.2 Å². The first-order valence-corrected chi connectivity index (χ1v) is 7.16. The lowest BCUT2D eigenvalue weighted by atomic mass is 9.75. The first-order valence-electron chi connectivity index (χ1n) is 6.37. The van der Waals surface area contributed by atoms with Gasteiger partial charge in [0, 0.05) is 17.5 Å². The minimum Gasteiger partial charge on any atom is -0.365 e. The third-order valence-corrected chi connectivity index (χ3v) is 4.02. The van der Waals surface area contributed by atoms with Gasteiger partial charge in [0.15, 0.2) is 0 Å². The molecule has 3 nitrogen and oxygen atoms in total. The maximum Gasteiger partial charge on any atom is 0.134 e. The number of halogens is 1. The molecule has 0 aromatic carbocycles. The Labute approximate surface area is 112 Å². The van der Waals surface area contributed by atoms with Crippen molar-refractivity contribution in [2.45, 2.75) is 57.9 Å².